The number of rotatable bonds is 5. The zero-order chi connectivity index (χ0) is 14.7. The SMILES string of the molecule is CCc1ncnc(NCc2csc(-c3ccco3)n2)c1F. The normalized spacial score (nSPS) is 10.8. The molecule has 0 saturated heterocycles. The minimum absolute atomic E-state index is 0.203. The van der Waals surface area contributed by atoms with Crippen LogP contribution in [0.15, 0.2) is 34.5 Å². The molecule has 0 aliphatic heterocycles. The Morgan fingerprint density at radius 1 is 1.38 bits per heavy atom. The molecule has 0 saturated carbocycles. The lowest BCUT2D eigenvalue weighted by Crippen LogP contribution is -2.07. The number of nitrogens with one attached hydrogen (secondary N) is 1. The molecule has 0 aliphatic carbocycles. The van der Waals surface area contributed by atoms with Gasteiger partial charge in [-0.05, 0) is 18.6 Å². The molecule has 3 heterocycles. The predicted octanol–water partition coefficient (Wildman–Crippen LogP) is 3.51. The largest absolute Gasteiger partial charge is 0.462 e. The van der Waals surface area contributed by atoms with Crippen LogP contribution in [0.3, 0.4) is 0 Å². The Labute approximate surface area is 124 Å². The van der Waals surface area contributed by atoms with Crippen LogP contribution in [0.4, 0.5) is 10.2 Å². The Balaban J connectivity index is 1.71. The van der Waals surface area contributed by atoms with E-state index in [1.807, 2.05) is 24.4 Å². The van der Waals surface area contributed by atoms with Crippen molar-refractivity contribution in [1.82, 2.24) is 15.0 Å². The molecule has 0 bridgehead atoms. The van der Waals surface area contributed by atoms with Gasteiger partial charge >= 0.3 is 0 Å². The van der Waals surface area contributed by atoms with E-state index in [9.17, 15) is 4.39 Å². The van der Waals surface area contributed by atoms with Gasteiger partial charge in [-0.2, -0.15) is 0 Å². The van der Waals surface area contributed by atoms with E-state index in [1.165, 1.54) is 17.7 Å². The highest BCUT2D eigenvalue weighted by Crippen LogP contribution is 2.24. The van der Waals surface area contributed by atoms with Crippen LogP contribution in [0.25, 0.3) is 10.8 Å². The van der Waals surface area contributed by atoms with Gasteiger partial charge in [-0.25, -0.2) is 19.3 Å². The summed E-state index contributed by atoms with van der Waals surface area (Å²) in [4.78, 5) is 12.3. The zero-order valence-electron chi connectivity index (χ0n) is 11.3. The highest BCUT2D eigenvalue weighted by molar-refractivity contribution is 7.13. The molecule has 5 nitrogen and oxygen atoms in total. The Kier molecular flexibility index (Phi) is 3.92. The van der Waals surface area contributed by atoms with Crippen LogP contribution in [0.5, 0.6) is 0 Å². The molecule has 0 unspecified atom stereocenters. The standard InChI is InChI=1S/C14H13FN4OS/c1-2-10-12(15)13(18-8-17-10)16-6-9-7-21-14(19-9)11-4-3-5-20-11/h3-5,7-8H,2,6H2,1H3,(H,16,17,18). The zero-order valence-corrected chi connectivity index (χ0v) is 12.2. The highest BCUT2D eigenvalue weighted by atomic mass is 32.1. The molecule has 0 atom stereocenters. The second-order valence-electron chi connectivity index (χ2n) is 4.31. The first kappa shape index (κ1) is 13.7. The third-order valence-electron chi connectivity index (χ3n) is 2.92. The molecule has 0 aliphatic rings. The van der Waals surface area contributed by atoms with Gasteiger partial charge in [0.1, 0.15) is 6.33 Å². The summed E-state index contributed by atoms with van der Waals surface area (Å²) in [5.41, 5.74) is 1.21. The number of anilines is 1. The second kappa shape index (κ2) is 6.01. The lowest BCUT2D eigenvalue weighted by molar-refractivity contribution is 0.581. The number of hydrogen-bond donors (Lipinski definition) is 1. The van der Waals surface area contributed by atoms with Crippen molar-refractivity contribution in [2.24, 2.45) is 0 Å². The fourth-order valence-corrected chi connectivity index (χ4v) is 2.64. The van der Waals surface area contributed by atoms with E-state index in [2.05, 4.69) is 20.3 Å². The molecule has 0 fully saturated rings. The van der Waals surface area contributed by atoms with E-state index in [0.717, 1.165) is 16.5 Å². The first-order valence-electron chi connectivity index (χ1n) is 6.49. The van der Waals surface area contributed by atoms with E-state index < -0.39 is 5.82 Å². The van der Waals surface area contributed by atoms with Crippen LogP contribution < -0.4 is 5.32 Å². The van der Waals surface area contributed by atoms with E-state index >= 15 is 0 Å². The van der Waals surface area contributed by atoms with Gasteiger partial charge in [-0.1, -0.05) is 6.92 Å². The summed E-state index contributed by atoms with van der Waals surface area (Å²) in [5, 5.41) is 5.66. The Morgan fingerprint density at radius 2 is 2.29 bits per heavy atom. The Hall–Kier alpha value is -2.28. The summed E-state index contributed by atoms with van der Waals surface area (Å²) < 4.78 is 19.3. The Bertz CT molecular complexity index is 726. The molecular weight excluding hydrogens is 291 g/mol. The number of furan rings is 1. The van der Waals surface area contributed by atoms with Gasteiger partial charge in [0, 0.05) is 5.38 Å². The van der Waals surface area contributed by atoms with Crippen LogP contribution in [0.2, 0.25) is 0 Å². The van der Waals surface area contributed by atoms with Crippen molar-refractivity contribution < 1.29 is 8.81 Å². The number of halogens is 1. The Morgan fingerprint density at radius 3 is 3.05 bits per heavy atom. The third-order valence-corrected chi connectivity index (χ3v) is 3.82. The van der Waals surface area contributed by atoms with Crippen molar-refractivity contribution in [2.75, 3.05) is 5.32 Å². The molecule has 3 aromatic heterocycles. The summed E-state index contributed by atoms with van der Waals surface area (Å²) in [6, 6.07) is 3.67. The monoisotopic (exact) mass is 304 g/mol. The number of hydrogen-bond acceptors (Lipinski definition) is 6. The average molecular weight is 304 g/mol. The maximum atomic E-state index is 14.0. The average Bonchev–Trinajstić information content (AvgIpc) is 3.17. The summed E-state index contributed by atoms with van der Waals surface area (Å²) in [5.74, 6) is 0.531. The summed E-state index contributed by atoms with van der Waals surface area (Å²) in [6.07, 6.45) is 3.50. The fraction of sp³-hybridized carbons (Fsp3) is 0.214. The van der Waals surface area contributed by atoms with Gasteiger partial charge in [0.25, 0.3) is 0 Å². The molecule has 0 spiro atoms. The lowest BCUT2D eigenvalue weighted by Gasteiger charge is -2.06. The number of aryl methyl sites for hydroxylation is 1. The quantitative estimate of drug-likeness (QED) is 0.781. The molecular formula is C14H13FN4OS. The first-order valence-corrected chi connectivity index (χ1v) is 7.37. The van der Waals surface area contributed by atoms with Crippen LogP contribution in [-0.2, 0) is 13.0 Å². The van der Waals surface area contributed by atoms with Gasteiger partial charge in [-0.3, -0.25) is 0 Å². The van der Waals surface area contributed by atoms with Crippen molar-refractivity contribution >= 4 is 17.2 Å². The minimum atomic E-state index is -0.401. The van der Waals surface area contributed by atoms with Crippen LogP contribution >= 0.6 is 11.3 Å². The summed E-state index contributed by atoms with van der Waals surface area (Å²) in [7, 11) is 0. The molecule has 0 amide bonds. The van der Waals surface area contributed by atoms with Crippen molar-refractivity contribution in [3.05, 3.63) is 47.3 Å². The van der Waals surface area contributed by atoms with E-state index in [0.29, 0.717) is 18.7 Å². The summed E-state index contributed by atoms with van der Waals surface area (Å²) in [6.45, 7) is 2.25. The second-order valence-corrected chi connectivity index (χ2v) is 5.17. The van der Waals surface area contributed by atoms with E-state index in [-0.39, 0.29) is 5.82 Å². The fourth-order valence-electron chi connectivity index (χ4n) is 1.85. The molecule has 1 N–H and O–H groups in total. The van der Waals surface area contributed by atoms with Crippen molar-refractivity contribution in [1.29, 1.82) is 0 Å². The first-order chi connectivity index (χ1) is 10.3. The van der Waals surface area contributed by atoms with Crippen molar-refractivity contribution in [3.63, 3.8) is 0 Å². The summed E-state index contributed by atoms with van der Waals surface area (Å²) >= 11 is 1.48. The van der Waals surface area contributed by atoms with Gasteiger partial charge in [0.2, 0.25) is 0 Å². The van der Waals surface area contributed by atoms with Crippen LogP contribution in [0, 0.1) is 5.82 Å². The predicted molar refractivity (Wildman–Crippen MR) is 78.5 cm³/mol. The molecule has 3 aromatic rings. The molecule has 0 aromatic carbocycles. The molecule has 108 valence electrons. The number of aromatic nitrogens is 3. The topological polar surface area (TPSA) is 63.8 Å². The van der Waals surface area contributed by atoms with Crippen LogP contribution in [0.1, 0.15) is 18.3 Å². The number of thiazole rings is 1. The minimum Gasteiger partial charge on any atom is -0.462 e. The van der Waals surface area contributed by atoms with Gasteiger partial charge in [-0.15, -0.1) is 11.3 Å². The highest BCUT2D eigenvalue weighted by Gasteiger charge is 2.11. The van der Waals surface area contributed by atoms with E-state index in [4.69, 9.17) is 4.42 Å². The number of nitrogens with zero attached hydrogens (tertiary/aromatic N) is 3. The van der Waals surface area contributed by atoms with Gasteiger partial charge in [0.05, 0.1) is 24.2 Å². The van der Waals surface area contributed by atoms with Crippen LogP contribution in [-0.4, -0.2) is 15.0 Å². The van der Waals surface area contributed by atoms with E-state index in [1.54, 1.807) is 6.26 Å². The van der Waals surface area contributed by atoms with Gasteiger partial charge < -0.3 is 9.73 Å². The molecule has 0 radical (unpaired) electrons. The lowest BCUT2D eigenvalue weighted by atomic mass is 10.3. The third kappa shape index (κ3) is 2.92. The van der Waals surface area contributed by atoms with Crippen molar-refractivity contribution in [3.8, 4) is 10.8 Å². The molecule has 7 heteroatoms. The van der Waals surface area contributed by atoms with Crippen molar-refractivity contribution in [2.45, 2.75) is 19.9 Å². The molecule has 21 heavy (non-hydrogen) atoms. The van der Waals surface area contributed by atoms with Gasteiger partial charge in [0.15, 0.2) is 22.4 Å². The maximum absolute atomic E-state index is 14.0. The molecule has 3 rings (SSSR count). The maximum Gasteiger partial charge on any atom is 0.186 e. The smallest absolute Gasteiger partial charge is 0.186 e.